The number of rotatable bonds is 4. The summed E-state index contributed by atoms with van der Waals surface area (Å²) < 4.78 is 0. The Morgan fingerprint density at radius 1 is 1.55 bits per heavy atom. The molecular weight excluding hydrogens is 299 g/mol. The molecule has 1 aliphatic heterocycles. The highest BCUT2D eigenvalue weighted by atomic mass is 35.5. The number of nitrogens with zero attached hydrogens (tertiary/aromatic N) is 2. The predicted octanol–water partition coefficient (Wildman–Crippen LogP) is 2.75. The van der Waals surface area contributed by atoms with Crippen LogP contribution in [0.15, 0.2) is 6.07 Å². The Balaban J connectivity index is 1.88. The van der Waals surface area contributed by atoms with Gasteiger partial charge in [-0.25, -0.2) is 9.97 Å². The number of anilines is 1. The topological polar surface area (TPSA) is 66.9 Å². The average Bonchev–Trinajstić information content (AvgIpc) is 2.38. The third-order valence-electron chi connectivity index (χ3n) is 3.58. The molecule has 5 nitrogen and oxygen atoms in total. The van der Waals surface area contributed by atoms with Gasteiger partial charge in [-0.2, -0.15) is 0 Å². The first-order valence-corrected chi connectivity index (χ1v) is 7.51. The first-order valence-electron chi connectivity index (χ1n) is 6.75. The van der Waals surface area contributed by atoms with Crippen LogP contribution in [0.4, 0.5) is 5.82 Å². The van der Waals surface area contributed by atoms with Gasteiger partial charge >= 0.3 is 0 Å². The van der Waals surface area contributed by atoms with Gasteiger partial charge in [0.15, 0.2) is 0 Å². The summed E-state index contributed by atoms with van der Waals surface area (Å²) in [6.45, 7) is 4.17. The van der Waals surface area contributed by atoms with E-state index in [-0.39, 0.29) is 16.3 Å². The Morgan fingerprint density at radius 3 is 3.00 bits per heavy atom. The van der Waals surface area contributed by atoms with Gasteiger partial charge in [-0.05, 0) is 49.4 Å². The summed E-state index contributed by atoms with van der Waals surface area (Å²) in [6, 6.07) is 1.48. The average molecular weight is 317 g/mol. The Morgan fingerprint density at radius 2 is 2.35 bits per heavy atom. The summed E-state index contributed by atoms with van der Waals surface area (Å²) in [5, 5.41) is 6.32. The molecular formula is C13H18Cl2N4O. The van der Waals surface area contributed by atoms with Gasteiger partial charge in [-0.3, -0.25) is 4.79 Å². The van der Waals surface area contributed by atoms with E-state index in [1.807, 2.05) is 0 Å². The van der Waals surface area contributed by atoms with E-state index in [9.17, 15) is 4.79 Å². The molecule has 7 heteroatoms. The monoisotopic (exact) mass is 316 g/mol. The van der Waals surface area contributed by atoms with Crippen molar-refractivity contribution in [3.63, 3.8) is 0 Å². The van der Waals surface area contributed by atoms with Crippen molar-refractivity contribution in [2.75, 3.05) is 18.4 Å². The standard InChI is InChI=1S/C13H18Cl2N4O/c1-8(9-3-2-4-16-7-9)5-12(20)18-11-6-10(14)17-13(15)19-11/h6,8-9,16H,2-5,7H2,1H3,(H,17,18,19,20). The van der Waals surface area contributed by atoms with Crippen LogP contribution in [0.1, 0.15) is 26.2 Å². The predicted molar refractivity (Wildman–Crippen MR) is 80.1 cm³/mol. The van der Waals surface area contributed by atoms with Gasteiger partial charge in [0, 0.05) is 12.5 Å². The van der Waals surface area contributed by atoms with Crippen molar-refractivity contribution < 1.29 is 4.79 Å². The highest BCUT2D eigenvalue weighted by Gasteiger charge is 2.22. The number of hydrogen-bond donors (Lipinski definition) is 2. The normalized spacial score (nSPS) is 20.4. The van der Waals surface area contributed by atoms with E-state index in [4.69, 9.17) is 23.2 Å². The van der Waals surface area contributed by atoms with Crippen LogP contribution in [-0.2, 0) is 4.79 Å². The van der Waals surface area contributed by atoms with E-state index in [1.54, 1.807) is 0 Å². The molecule has 20 heavy (non-hydrogen) atoms. The number of aromatic nitrogens is 2. The van der Waals surface area contributed by atoms with Crippen LogP contribution in [0.3, 0.4) is 0 Å². The van der Waals surface area contributed by atoms with Crippen LogP contribution in [-0.4, -0.2) is 29.0 Å². The fraction of sp³-hybridized carbons (Fsp3) is 0.615. The number of piperidine rings is 1. The Labute approximate surface area is 128 Å². The number of halogens is 2. The van der Waals surface area contributed by atoms with E-state index in [2.05, 4.69) is 27.5 Å². The third-order valence-corrected chi connectivity index (χ3v) is 3.94. The molecule has 2 rings (SSSR count). The van der Waals surface area contributed by atoms with Crippen molar-refractivity contribution in [1.29, 1.82) is 0 Å². The first kappa shape index (κ1) is 15.5. The molecule has 0 aromatic carbocycles. The Hall–Kier alpha value is -0.910. The highest BCUT2D eigenvalue weighted by molar-refractivity contribution is 6.32. The van der Waals surface area contributed by atoms with Crippen LogP contribution < -0.4 is 10.6 Å². The van der Waals surface area contributed by atoms with Gasteiger partial charge in [0.05, 0.1) is 0 Å². The lowest BCUT2D eigenvalue weighted by Crippen LogP contribution is -2.34. The molecule has 2 heterocycles. The first-order chi connectivity index (χ1) is 9.54. The van der Waals surface area contributed by atoms with Crippen LogP contribution in [0.2, 0.25) is 10.4 Å². The molecule has 0 bridgehead atoms. The molecule has 1 aliphatic rings. The maximum absolute atomic E-state index is 12.0. The minimum absolute atomic E-state index is 0.0253. The van der Waals surface area contributed by atoms with Crippen molar-refractivity contribution in [2.24, 2.45) is 11.8 Å². The van der Waals surface area contributed by atoms with Crippen molar-refractivity contribution in [3.05, 3.63) is 16.5 Å². The van der Waals surface area contributed by atoms with Gasteiger partial charge in [-0.1, -0.05) is 18.5 Å². The molecule has 0 spiro atoms. The lowest BCUT2D eigenvalue weighted by molar-refractivity contribution is -0.117. The lowest BCUT2D eigenvalue weighted by Gasteiger charge is -2.27. The largest absolute Gasteiger partial charge is 0.316 e. The van der Waals surface area contributed by atoms with E-state index in [1.165, 1.54) is 18.9 Å². The summed E-state index contributed by atoms with van der Waals surface area (Å²) in [7, 11) is 0. The summed E-state index contributed by atoms with van der Waals surface area (Å²) in [5.74, 6) is 1.14. The molecule has 2 unspecified atom stereocenters. The molecule has 0 saturated carbocycles. The fourth-order valence-corrected chi connectivity index (χ4v) is 2.88. The molecule has 110 valence electrons. The molecule has 1 aromatic rings. The Bertz CT molecular complexity index is 457. The molecule has 0 radical (unpaired) electrons. The summed E-state index contributed by atoms with van der Waals surface area (Å²) in [5.41, 5.74) is 0. The zero-order valence-corrected chi connectivity index (χ0v) is 12.8. The molecule has 1 amide bonds. The number of nitrogens with one attached hydrogen (secondary N) is 2. The van der Waals surface area contributed by atoms with Crippen molar-refractivity contribution in [1.82, 2.24) is 15.3 Å². The third kappa shape index (κ3) is 4.58. The lowest BCUT2D eigenvalue weighted by atomic mass is 9.85. The maximum Gasteiger partial charge on any atom is 0.225 e. The Kier molecular flexibility index (Phi) is 5.57. The van der Waals surface area contributed by atoms with E-state index < -0.39 is 0 Å². The smallest absolute Gasteiger partial charge is 0.225 e. The summed E-state index contributed by atoms with van der Waals surface area (Å²) in [6.07, 6.45) is 2.81. The second-order valence-electron chi connectivity index (χ2n) is 5.18. The van der Waals surface area contributed by atoms with Crippen LogP contribution in [0.25, 0.3) is 0 Å². The van der Waals surface area contributed by atoms with Crippen LogP contribution in [0.5, 0.6) is 0 Å². The van der Waals surface area contributed by atoms with Gasteiger partial charge in [-0.15, -0.1) is 0 Å². The van der Waals surface area contributed by atoms with Gasteiger partial charge in [0.2, 0.25) is 11.2 Å². The fourth-order valence-electron chi connectivity index (χ4n) is 2.47. The summed E-state index contributed by atoms with van der Waals surface area (Å²) in [4.78, 5) is 19.7. The molecule has 0 aliphatic carbocycles. The van der Waals surface area contributed by atoms with Gasteiger partial charge in [0.1, 0.15) is 11.0 Å². The number of carbonyl (C=O) groups excluding carboxylic acids is 1. The number of carbonyl (C=O) groups is 1. The summed E-state index contributed by atoms with van der Waals surface area (Å²) >= 11 is 11.5. The molecule has 2 atom stereocenters. The minimum atomic E-state index is -0.0751. The zero-order valence-electron chi connectivity index (χ0n) is 11.3. The van der Waals surface area contributed by atoms with Crippen LogP contribution >= 0.6 is 23.2 Å². The zero-order chi connectivity index (χ0) is 14.5. The van der Waals surface area contributed by atoms with Crippen molar-refractivity contribution in [3.8, 4) is 0 Å². The molecule has 2 N–H and O–H groups in total. The van der Waals surface area contributed by atoms with Crippen LogP contribution in [0, 0.1) is 11.8 Å². The second-order valence-corrected chi connectivity index (χ2v) is 5.91. The van der Waals surface area contributed by atoms with Gasteiger partial charge in [0.25, 0.3) is 0 Å². The highest BCUT2D eigenvalue weighted by Crippen LogP contribution is 2.23. The van der Waals surface area contributed by atoms with E-state index in [0.717, 1.165) is 13.1 Å². The van der Waals surface area contributed by atoms with E-state index in [0.29, 0.717) is 24.1 Å². The quantitative estimate of drug-likeness (QED) is 0.662. The molecule has 1 fully saturated rings. The molecule has 1 aromatic heterocycles. The van der Waals surface area contributed by atoms with Crippen molar-refractivity contribution >= 4 is 34.9 Å². The van der Waals surface area contributed by atoms with Crippen molar-refractivity contribution in [2.45, 2.75) is 26.2 Å². The second kappa shape index (κ2) is 7.20. The van der Waals surface area contributed by atoms with E-state index >= 15 is 0 Å². The maximum atomic E-state index is 12.0. The SMILES string of the molecule is CC(CC(=O)Nc1cc(Cl)nc(Cl)n1)C1CCCNC1. The van der Waals surface area contributed by atoms with Gasteiger partial charge < -0.3 is 10.6 Å². The minimum Gasteiger partial charge on any atom is -0.316 e. The molecule has 1 saturated heterocycles. The number of hydrogen-bond acceptors (Lipinski definition) is 4. The number of amides is 1.